The molecule has 1 aliphatic rings. The van der Waals surface area contributed by atoms with E-state index in [-0.39, 0.29) is 11.9 Å². The fourth-order valence-electron chi connectivity index (χ4n) is 2.36. The topological polar surface area (TPSA) is 61.0 Å². The average Bonchev–Trinajstić information content (AvgIpc) is 2.91. The molecular weight excluding hydrogens is 240 g/mol. The Morgan fingerprint density at radius 2 is 2.26 bits per heavy atom. The molecule has 0 saturated heterocycles. The first-order chi connectivity index (χ1) is 9.25. The van der Waals surface area contributed by atoms with Crippen molar-refractivity contribution >= 4 is 11.6 Å². The molecule has 0 fully saturated rings. The largest absolute Gasteiger partial charge is 0.308 e. The molecule has 2 heterocycles. The number of fused-ring (bicyclic) bond motifs is 1. The highest BCUT2D eigenvalue weighted by molar-refractivity contribution is 6.06. The molecule has 0 spiro atoms. The normalized spacial score (nSPS) is 18.8. The van der Waals surface area contributed by atoms with Crippen LogP contribution in [0.4, 0.5) is 5.69 Å². The number of aromatic nitrogens is 2. The minimum atomic E-state index is -0.0169. The molecule has 1 aromatic carbocycles. The second kappa shape index (κ2) is 4.85. The third-order valence-corrected chi connectivity index (χ3v) is 3.37. The Hall–Kier alpha value is -2.14. The summed E-state index contributed by atoms with van der Waals surface area (Å²) >= 11 is 0. The zero-order chi connectivity index (χ0) is 13.2. The van der Waals surface area contributed by atoms with E-state index < -0.39 is 0 Å². The molecule has 1 amide bonds. The molecule has 19 heavy (non-hydrogen) atoms. The van der Waals surface area contributed by atoms with E-state index in [0.717, 1.165) is 17.8 Å². The Morgan fingerprint density at radius 3 is 3.05 bits per heavy atom. The van der Waals surface area contributed by atoms with Gasteiger partial charge >= 0.3 is 0 Å². The van der Waals surface area contributed by atoms with Crippen molar-refractivity contribution in [1.29, 1.82) is 0 Å². The van der Waals surface area contributed by atoms with Crippen molar-refractivity contribution in [2.75, 3.05) is 11.4 Å². The smallest absolute Gasteiger partial charge is 0.261 e. The first-order valence-corrected chi connectivity index (χ1v) is 6.37. The summed E-state index contributed by atoms with van der Waals surface area (Å²) < 4.78 is 0. The van der Waals surface area contributed by atoms with Crippen molar-refractivity contribution in [3.05, 3.63) is 47.8 Å². The van der Waals surface area contributed by atoms with Crippen molar-refractivity contribution in [3.63, 3.8) is 0 Å². The van der Waals surface area contributed by atoms with E-state index in [2.05, 4.69) is 28.5 Å². The third-order valence-electron chi connectivity index (χ3n) is 3.37. The van der Waals surface area contributed by atoms with Crippen LogP contribution in [0.3, 0.4) is 0 Å². The molecule has 0 saturated carbocycles. The highest BCUT2D eigenvalue weighted by Gasteiger charge is 2.25. The number of carbonyl (C=O) groups is 1. The lowest BCUT2D eigenvalue weighted by molar-refractivity contribution is 0.0985. The number of benzene rings is 1. The fourth-order valence-corrected chi connectivity index (χ4v) is 2.36. The number of nitrogens with one attached hydrogen (secondary N) is 2. The van der Waals surface area contributed by atoms with Gasteiger partial charge in [-0.25, -0.2) is 0 Å². The van der Waals surface area contributed by atoms with E-state index >= 15 is 0 Å². The number of H-pyrrole nitrogens is 1. The molecule has 0 aliphatic carbocycles. The molecule has 5 heteroatoms. The maximum Gasteiger partial charge on any atom is 0.261 e. The number of para-hydroxylation sites is 1. The molecule has 0 bridgehead atoms. The third kappa shape index (κ3) is 2.24. The number of amides is 1. The van der Waals surface area contributed by atoms with Crippen molar-refractivity contribution in [1.82, 2.24) is 15.5 Å². The van der Waals surface area contributed by atoms with Crippen LogP contribution < -0.4 is 10.2 Å². The Labute approximate surface area is 111 Å². The number of hydrogen-bond acceptors (Lipinski definition) is 3. The number of nitrogens with zero attached hydrogens (tertiary/aromatic N) is 2. The molecule has 1 aromatic heterocycles. The van der Waals surface area contributed by atoms with Gasteiger partial charge < -0.3 is 10.2 Å². The minimum absolute atomic E-state index is 0.0169. The lowest BCUT2D eigenvalue weighted by atomic mass is 10.1. The highest BCUT2D eigenvalue weighted by atomic mass is 16.2. The molecule has 0 radical (unpaired) electrons. The zero-order valence-electron chi connectivity index (χ0n) is 10.8. The molecule has 1 unspecified atom stereocenters. The van der Waals surface area contributed by atoms with Crippen LogP contribution >= 0.6 is 0 Å². The van der Waals surface area contributed by atoms with Crippen LogP contribution in [-0.4, -0.2) is 28.7 Å². The maximum atomic E-state index is 12.6. The van der Waals surface area contributed by atoms with Gasteiger partial charge in [0.25, 0.3) is 5.91 Å². The van der Waals surface area contributed by atoms with E-state index in [4.69, 9.17) is 0 Å². The van der Waals surface area contributed by atoms with Gasteiger partial charge in [-0.3, -0.25) is 9.89 Å². The van der Waals surface area contributed by atoms with Crippen molar-refractivity contribution in [2.24, 2.45) is 0 Å². The number of hydrogen-bond donors (Lipinski definition) is 2. The van der Waals surface area contributed by atoms with Crippen molar-refractivity contribution in [3.8, 4) is 0 Å². The van der Waals surface area contributed by atoms with Gasteiger partial charge in [0.2, 0.25) is 0 Å². The lowest BCUT2D eigenvalue weighted by Crippen LogP contribution is -2.39. The van der Waals surface area contributed by atoms with Gasteiger partial charge in [0.1, 0.15) is 0 Å². The molecule has 5 nitrogen and oxygen atoms in total. The summed E-state index contributed by atoms with van der Waals surface area (Å²) in [6.45, 7) is 3.52. The van der Waals surface area contributed by atoms with Gasteiger partial charge in [-0.05, 0) is 18.6 Å². The number of rotatable bonds is 1. The summed E-state index contributed by atoms with van der Waals surface area (Å²) in [5.74, 6) is -0.0169. The quantitative estimate of drug-likeness (QED) is 0.813. The van der Waals surface area contributed by atoms with Crippen molar-refractivity contribution in [2.45, 2.75) is 19.5 Å². The van der Waals surface area contributed by atoms with Gasteiger partial charge in [-0.1, -0.05) is 18.2 Å². The molecule has 2 N–H and O–H groups in total. The van der Waals surface area contributed by atoms with Crippen LogP contribution in [0.1, 0.15) is 22.8 Å². The number of anilines is 1. The lowest BCUT2D eigenvalue weighted by Gasteiger charge is -2.23. The second-order valence-electron chi connectivity index (χ2n) is 4.81. The van der Waals surface area contributed by atoms with Gasteiger partial charge in [0, 0.05) is 31.0 Å². The SMILES string of the molecule is CC1CN(C(=O)c2cn[nH]c2)c2ccccc2CN1. The van der Waals surface area contributed by atoms with E-state index in [0.29, 0.717) is 12.1 Å². The second-order valence-corrected chi connectivity index (χ2v) is 4.81. The molecule has 3 rings (SSSR count). The van der Waals surface area contributed by atoms with Crippen LogP contribution in [-0.2, 0) is 6.54 Å². The average molecular weight is 256 g/mol. The van der Waals surface area contributed by atoms with Crippen LogP contribution in [0.2, 0.25) is 0 Å². The van der Waals surface area contributed by atoms with Crippen LogP contribution in [0.15, 0.2) is 36.7 Å². The highest BCUT2D eigenvalue weighted by Crippen LogP contribution is 2.24. The minimum Gasteiger partial charge on any atom is -0.308 e. The Balaban J connectivity index is 2.01. The Morgan fingerprint density at radius 1 is 1.42 bits per heavy atom. The monoisotopic (exact) mass is 256 g/mol. The number of carbonyl (C=O) groups excluding carboxylic acids is 1. The van der Waals surface area contributed by atoms with Crippen LogP contribution in [0, 0.1) is 0 Å². The van der Waals surface area contributed by atoms with Crippen LogP contribution in [0.5, 0.6) is 0 Å². The van der Waals surface area contributed by atoms with Gasteiger partial charge in [-0.2, -0.15) is 5.10 Å². The number of aromatic amines is 1. The molecule has 2 aromatic rings. The van der Waals surface area contributed by atoms with Crippen LogP contribution in [0.25, 0.3) is 0 Å². The van der Waals surface area contributed by atoms with Gasteiger partial charge in [0.05, 0.1) is 11.8 Å². The van der Waals surface area contributed by atoms with E-state index in [9.17, 15) is 4.79 Å². The summed E-state index contributed by atoms with van der Waals surface area (Å²) in [7, 11) is 0. The molecule has 98 valence electrons. The zero-order valence-corrected chi connectivity index (χ0v) is 10.8. The molecule has 1 atom stereocenters. The summed E-state index contributed by atoms with van der Waals surface area (Å²) in [6, 6.07) is 8.26. The predicted molar refractivity (Wildman–Crippen MR) is 73.0 cm³/mol. The van der Waals surface area contributed by atoms with Crippen molar-refractivity contribution < 1.29 is 4.79 Å². The maximum absolute atomic E-state index is 12.6. The molecular formula is C14H16N4O. The summed E-state index contributed by atoms with van der Waals surface area (Å²) in [5, 5.41) is 9.95. The van der Waals surface area contributed by atoms with Gasteiger partial charge in [-0.15, -0.1) is 0 Å². The predicted octanol–water partition coefficient (Wildman–Crippen LogP) is 1.55. The Kier molecular flexibility index (Phi) is 3.05. The fraction of sp³-hybridized carbons (Fsp3) is 0.286. The van der Waals surface area contributed by atoms with E-state index in [1.165, 1.54) is 0 Å². The summed E-state index contributed by atoms with van der Waals surface area (Å²) in [5.41, 5.74) is 2.71. The molecule has 1 aliphatic heterocycles. The van der Waals surface area contributed by atoms with E-state index in [1.807, 2.05) is 23.1 Å². The summed E-state index contributed by atoms with van der Waals surface area (Å²) in [6.07, 6.45) is 3.20. The standard InChI is InChI=1S/C14H16N4O/c1-10-9-18(14(19)12-7-16-17-8-12)13-5-3-2-4-11(13)6-15-10/h2-5,7-8,10,15H,6,9H2,1H3,(H,16,17). The Bertz CT molecular complexity index is 579. The summed E-state index contributed by atoms with van der Waals surface area (Å²) in [4.78, 5) is 14.4. The first kappa shape index (κ1) is 11.9. The van der Waals surface area contributed by atoms with Gasteiger partial charge in [0.15, 0.2) is 0 Å². The first-order valence-electron chi connectivity index (χ1n) is 6.37. The van der Waals surface area contributed by atoms with E-state index in [1.54, 1.807) is 12.4 Å².